The van der Waals surface area contributed by atoms with Crippen LogP contribution < -0.4 is 10.6 Å². The lowest BCUT2D eigenvalue weighted by Crippen LogP contribution is -2.27. The van der Waals surface area contributed by atoms with E-state index in [2.05, 4.69) is 17.6 Å². The van der Waals surface area contributed by atoms with Gasteiger partial charge in [0.15, 0.2) is 0 Å². The van der Waals surface area contributed by atoms with Crippen LogP contribution in [0.5, 0.6) is 0 Å². The first kappa shape index (κ1) is 15.3. The topological polar surface area (TPSA) is 58.2 Å². The van der Waals surface area contributed by atoms with E-state index in [9.17, 15) is 9.59 Å². The van der Waals surface area contributed by atoms with Crippen LogP contribution in [0.3, 0.4) is 0 Å². The van der Waals surface area contributed by atoms with Gasteiger partial charge in [0.25, 0.3) is 11.8 Å². The molecule has 0 unspecified atom stereocenters. The van der Waals surface area contributed by atoms with Gasteiger partial charge in [0.2, 0.25) is 0 Å². The van der Waals surface area contributed by atoms with E-state index in [1.807, 2.05) is 18.2 Å². The van der Waals surface area contributed by atoms with Crippen molar-refractivity contribution in [1.29, 1.82) is 0 Å². The Morgan fingerprint density at radius 2 is 1.70 bits per heavy atom. The highest BCUT2D eigenvalue weighted by Gasteiger charge is 2.25. The molecular weight excluding hydrogens is 288 g/mol. The van der Waals surface area contributed by atoms with E-state index in [4.69, 9.17) is 0 Å². The molecule has 0 atom stereocenters. The average molecular weight is 308 g/mol. The van der Waals surface area contributed by atoms with Crippen LogP contribution in [0, 0.1) is 0 Å². The molecule has 3 rings (SSSR count). The fourth-order valence-corrected chi connectivity index (χ4v) is 2.37. The second kappa shape index (κ2) is 6.65. The molecule has 1 fully saturated rings. The highest BCUT2D eigenvalue weighted by Crippen LogP contribution is 2.22. The number of amides is 2. The molecule has 1 aliphatic carbocycles. The smallest absolute Gasteiger partial charge is 0.255 e. The van der Waals surface area contributed by atoms with E-state index < -0.39 is 0 Å². The van der Waals surface area contributed by atoms with E-state index in [0.29, 0.717) is 16.8 Å². The summed E-state index contributed by atoms with van der Waals surface area (Å²) < 4.78 is 0. The van der Waals surface area contributed by atoms with Crippen LogP contribution in [-0.2, 0) is 6.42 Å². The maximum atomic E-state index is 12.4. The molecule has 2 amide bonds. The van der Waals surface area contributed by atoms with Gasteiger partial charge in [0.1, 0.15) is 0 Å². The third-order valence-electron chi connectivity index (χ3n) is 3.96. The normalized spacial score (nSPS) is 13.4. The van der Waals surface area contributed by atoms with Gasteiger partial charge in [-0.1, -0.05) is 31.2 Å². The Bertz CT molecular complexity index is 718. The van der Waals surface area contributed by atoms with E-state index >= 15 is 0 Å². The van der Waals surface area contributed by atoms with Crippen LogP contribution in [-0.4, -0.2) is 17.9 Å². The van der Waals surface area contributed by atoms with E-state index in [1.54, 1.807) is 30.3 Å². The van der Waals surface area contributed by atoms with Gasteiger partial charge in [0, 0.05) is 11.6 Å². The molecule has 0 heterocycles. The second-order valence-electron chi connectivity index (χ2n) is 5.80. The van der Waals surface area contributed by atoms with Crippen molar-refractivity contribution >= 4 is 17.5 Å². The molecule has 4 nitrogen and oxygen atoms in total. The molecule has 23 heavy (non-hydrogen) atoms. The van der Waals surface area contributed by atoms with Crippen molar-refractivity contribution < 1.29 is 9.59 Å². The quantitative estimate of drug-likeness (QED) is 0.889. The van der Waals surface area contributed by atoms with Gasteiger partial charge in [-0.25, -0.2) is 0 Å². The van der Waals surface area contributed by atoms with Gasteiger partial charge in [-0.2, -0.15) is 0 Å². The summed E-state index contributed by atoms with van der Waals surface area (Å²) in [4.78, 5) is 24.6. The first-order chi connectivity index (χ1) is 11.2. The van der Waals surface area contributed by atoms with Gasteiger partial charge in [0.05, 0.1) is 11.3 Å². The van der Waals surface area contributed by atoms with Crippen LogP contribution in [0.1, 0.15) is 46.0 Å². The molecule has 0 bridgehead atoms. The molecule has 1 aliphatic rings. The summed E-state index contributed by atoms with van der Waals surface area (Å²) >= 11 is 0. The Labute approximate surface area is 135 Å². The third kappa shape index (κ3) is 3.77. The number of carbonyl (C=O) groups excluding carboxylic acids is 2. The molecule has 4 heteroatoms. The third-order valence-corrected chi connectivity index (χ3v) is 3.96. The van der Waals surface area contributed by atoms with Gasteiger partial charge < -0.3 is 10.6 Å². The minimum atomic E-state index is -0.209. The fourth-order valence-electron chi connectivity index (χ4n) is 2.37. The number of hydrogen-bond acceptors (Lipinski definition) is 2. The monoisotopic (exact) mass is 308 g/mol. The highest BCUT2D eigenvalue weighted by atomic mass is 16.2. The first-order valence-corrected chi connectivity index (χ1v) is 7.97. The van der Waals surface area contributed by atoms with Gasteiger partial charge >= 0.3 is 0 Å². The number of para-hydroxylation sites is 1. The molecule has 2 aromatic carbocycles. The number of carbonyl (C=O) groups is 2. The molecule has 0 aliphatic heterocycles. The maximum Gasteiger partial charge on any atom is 0.255 e. The van der Waals surface area contributed by atoms with Crippen molar-refractivity contribution in [2.75, 3.05) is 5.32 Å². The minimum Gasteiger partial charge on any atom is -0.349 e. The molecule has 2 aromatic rings. The van der Waals surface area contributed by atoms with Gasteiger partial charge in [-0.05, 0) is 49.1 Å². The standard InChI is InChI=1S/C19H20N2O2/c1-2-13-7-9-14(10-8-13)18(22)21-17-6-4-3-5-16(17)19(23)20-15-11-12-15/h3-10,15H,2,11-12H2,1H3,(H,20,23)(H,21,22). The largest absolute Gasteiger partial charge is 0.349 e. The highest BCUT2D eigenvalue weighted by molar-refractivity contribution is 6.09. The Hall–Kier alpha value is -2.62. The first-order valence-electron chi connectivity index (χ1n) is 7.97. The summed E-state index contributed by atoms with van der Waals surface area (Å²) in [7, 11) is 0. The number of hydrogen-bond donors (Lipinski definition) is 2. The zero-order valence-electron chi connectivity index (χ0n) is 13.1. The summed E-state index contributed by atoms with van der Waals surface area (Å²) in [5.41, 5.74) is 2.80. The molecule has 2 N–H and O–H groups in total. The second-order valence-corrected chi connectivity index (χ2v) is 5.80. The van der Waals surface area contributed by atoms with E-state index in [1.165, 1.54) is 5.56 Å². The maximum absolute atomic E-state index is 12.4. The van der Waals surface area contributed by atoms with Crippen LogP contribution in [0.15, 0.2) is 48.5 Å². The summed E-state index contributed by atoms with van der Waals surface area (Å²) in [5.74, 6) is -0.343. The lowest BCUT2D eigenvalue weighted by molar-refractivity contribution is 0.0952. The van der Waals surface area contributed by atoms with Crippen molar-refractivity contribution in [3.8, 4) is 0 Å². The lowest BCUT2D eigenvalue weighted by atomic mass is 10.1. The number of nitrogens with one attached hydrogen (secondary N) is 2. The number of rotatable bonds is 5. The van der Waals surface area contributed by atoms with E-state index in [-0.39, 0.29) is 17.9 Å². The zero-order valence-corrected chi connectivity index (χ0v) is 13.1. The van der Waals surface area contributed by atoms with Crippen molar-refractivity contribution in [3.63, 3.8) is 0 Å². The molecular formula is C19H20N2O2. The molecule has 118 valence electrons. The zero-order chi connectivity index (χ0) is 16.2. The number of benzene rings is 2. The molecule has 1 saturated carbocycles. The van der Waals surface area contributed by atoms with Crippen molar-refractivity contribution in [2.24, 2.45) is 0 Å². The molecule has 0 spiro atoms. The predicted molar refractivity (Wildman–Crippen MR) is 90.7 cm³/mol. The lowest BCUT2D eigenvalue weighted by Gasteiger charge is -2.11. The van der Waals surface area contributed by atoms with Gasteiger partial charge in [-0.3, -0.25) is 9.59 Å². The fraction of sp³-hybridized carbons (Fsp3) is 0.263. The molecule has 0 aromatic heterocycles. The predicted octanol–water partition coefficient (Wildman–Crippen LogP) is 3.39. The Kier molecular flexibility index (Phi) is 4.42. The molecule has 0 radical (unpaired) electrons. The average Bonchev–Trinajstić information content (AvgIpc) is 3.39. The Balaban J connectivity index is 1.75. The van der Waals surface area contributed by atoms with Crippen LogP contribution >= 0.6 is 0 Å². The summed E-state index contributed by atoms with van der Waals surface area (Å²) in [5, 5.41) is 5.79. The summed E-state index contributed by atoms with van der Waals surface area (Å²) in [6.07, 6.45) is 3.00. The number of anilines is 1. The Morgan fingerprint density at radius 1 is 1.00 bits per heavy atom. The van der Waals surface area contributed by atoms with Crippen LogP contribution in [0.4, 0.5) is 5.69 Å². The van der Waals surface area contributed by atoms with Crippen molar-refractivity contribution in [1.82, 2.24) is 5.32 Å². The SMILES string of the molecule is CCc1ccc(C(=O)Nc2ccccc2C(=O)NC2CC2)cc1. The van der Waals surface area contributed by atoms with Crippen molar-refractivity contribution in [2.45, 2.75) is 32.2 Å². The summed E-state index contributed by atoms with van der Waals surface area (Å²) in [6.45, 7) is 2.07. The molecule has 0 saturated heterocycles. The van der Waals surface area contributed by atoms with E-state index in [0.717, 1.165) is 19.3 Å². The van der Waals surface area contributed by atoms with Crippen molar-refractivity contribution in [3.05, 3.63) is 65.2 Å². The Morgan fingerprint density at radius 3 is 2.35 bits per heavy atom. The summed E-state index contributed by atoms with van der Waals surface area (Å²) in [6, 6.07) is 14.9. The number of aryl methyl sites for hydroxylation is 1. The minimum absolute atomic E-state index is 0.135. The van der Waals surface area contributed by atoms with Gasteiger partial charge in [-0.15, -0.1) is 0 Å². The van der Waals surface area contributed by atoms with Crippen LogP contribution in [0.25, 0.3) is 0 Å². The van der Waals surface area contributed by atoms with Crippen LogP contribution in [0.2, 0.25) is 0 Å².